The summed E-state index contributed by atoms with van der Waals surface area (Å²) in [5.41, 5.74) is 19.7. The average Bonchev–Trinajstić information content (AvgIpc) is 2.83. The lowest BCUT2D eigenvalue weighted by Crippen LogP contribution is -2.45. The molecule has 0 bridgehead atoms. The summed E-state index contributed by atoms with van der Waals surface area (Å²) in [6.45, 7) is 0. The van der Waals surface area contributed by atoms with Gasteiger partial charge in [-0.25, -0.2) is 0 Å². The average molecular weight is 277 g/mol. The zero-order valence-corrected chi connectivity index (χ0v) is 11.3. The Kier molecular flexibility index (Phi) is 2.41. The molecule has 2 aliphatic rings. The van der Waals surface area contributed by atoms with Crippen molar-refractivity contribution in [1.29, 1.82) is 0 Å². The molecule has 4 rings (SSSR count). The summed E-state index contributed by atoms with van der Waals surface area (Å²) >= 11 is 0. The lowest BCUT2D eigenvalue weighted by atomic mass is 10.0. The Morgan fingerprint density at radius 3 is 2.05 bits per heavy atom. The Hall–Kier alpha value is -2.95. The summed E-state index contributed by atoms with van der Waals surface area (Å²) in [6.07, 6.45) is 1.65. The number of hydrazone groups is 1. The molecule has 1 aliphatic carbocycles. The van der Waals surface area contributed by atoms with Gasteiger partial charge in [-0.1, -0.05) is 48.5 Å². The molecule has 0 saturated carbocycles. The van der Waals surface area contributed by atoms with Crippen LogP contribution in [0.3, 0.4) is 0 Å². The number of benzene rings is 2. The first-order valence-electron chi connectivity index (χ1n) is 6.79. The van der Waals surface area contributed by atoms with Crippen molar-refractivity contribution in [3.05, 3.63) is 71.7 Å². The van der Waals surface area contributed by atoms with Gasteiger partial charge in [0, 0.05) is 0 Å². The van der Waals surface area contributed by atoms with Crippen molar-refractivity contribution in [1.82, 2.24) is 10.3 Å². The van der Waals surface area contributed by atoms with Gasteiger partial charge in [0.25, 0.3) is 0 Å². The van der Waals surface area contributed by atoms with Crippen LogP contribution in [0.5, 0.6) is 0 Å². The first-order chi connectivity index (χ1) is 10.3. The molecule has 5 heteroatoms. The van der Waals surface area contributed by atoms with Crippen LogP contribution in [0, 0.1) is 0 Å². The topological polar surface area (TPSA) is 79.7 Å². The van der Waals surface area contributed by atoms with Crippen molar-refractivity contribution < 1.29 is 0 Å². The summed E-state index contributed by atoms with van der Waals surface area (Å²) in [4.78, 5) is 1.86. The number of guanidine groups is 1. The van der Waals surface area contributed by atoms with Crippen LogP contribution in [-0.2, 0) is 0 Å². The number of hydrogen-bond acceptors (Lipinski definition) is 5. The quantitative estimate of drug-likeness (QED) is 0.740. The molecule has 0 saturated heterocycles. The highest BCUT2D eigenvalue weighted by atomic mass is 15.4. The number of fused-ring (bicyclic) bond motifs is 3. The van der Waals surface area contributed by atoms with Crippen molar-refractivity contribution >= 4 is 5.96 Å². The second kappa shape index (κ2) is 4.28. The molecule has 0 spiro atoms. The second-order valence-corrected chi connectivity index (χ2v) is 5.12. The number of rotatable bonds is 1. The van der Waals surface area contributed by atoms with E-state index < -0.39 is 0 Å². The molecular weight excluding hydrogens is 262 g/mol. The number of hydrogen-bond donors (Lipinski definition) is 3. The lowest BCUT2D eigenvalue weighted by Gasteiger charge is -2.32. The minimum absolute atomic E-state index is 0.0421. The first-order valence-corrected chi connectivity index (χ1v) is 6.79. The van der Waals surface area contributed by atoms with Crippen LogP contribution < -0.4 is 16.9 Å². The van der Waals surface area contributed by atoms with Gasteiger partial charge in [0.2, 0.25) is 5.96 Å². The molecular formula is C16H15N5. The van der Waals surface area contributed by atoms with E-state index in [-0.39, 0.29) is 6.04 Å². The molecule has 104 valence electrons. The van der Waals surface area contributed by atoms with E-state index >= 15 is 0 Å². The molecule has 1 heterocycles. The molecule has 21 heavy (non-hydrogen) atoms. The third-order valence-corrected chi connectivity index (χ3v) is 3.98. The minimum atomic E-state index is -0.0421. The lowest BCUT2D eigenvalue weighted by molar-refractivity contribution is 0.417. The summed E-state index contributed by atoms with van der Waals surface area (Å²) in [5.74, 6) is 0.922. The van der Waals surface area contributed by atoms with E-state index in [1.807, 2.05) is 29.2 Å². The van der Waals surface area contributed by atoms with Gasteiger partial charge in [0.15, 0.2) is 0 Å². The molecule has 0 unspecified atom stereocenters. The first kappa shape index (κ1) is 11.8. The van der Waals surface area contributed by atoms with Crippen molar-refractivity contribution in [2.24, 2.45) is 16.6 Å². The summed E-state index contributed by atoms with van der Waals surface area (Å²) < 4.78 is 0. The van der Waals surface area contributed by atoms with Crippen LogP contribution in [0.1, 0.15) is 17.2 Å². The van der Waals surface area contributed by atoms with Gasteiger partial charge in [-0.15, -0.1) is 5.10 Å². The molecule has 5 nitrogen and oxygen atoms in total. The summed E-state index contributed by atoms with van der Waals surface area (Å²) in [7, 11) is 0. The predicted octanol–water partition coefficient (Wildman–Crippen LogP) is 1.65. The van der Waals surface area contributed by atoms with Crippen LogP contribution in [-0.4, -0.2) is 10.9 Å². The fourth-order valence-electron chi connectivity index (χ4n) is 3.11. The van der Waals surface area contributed by atoms with E-state index in [1.54, 1.807) is 6.20 Å². The maximum Gasteiger partial charge on any atom is 0.220 e. The smallest absolute Gasteiger partial charge is 0.220 e. The summed E-state index contributed by atoms with van der Waals surface area (Å²) in [6, 6.07) is 16.6. The molecule has 0 amide bonds. The van der Waals surface area contributed by atoms with Gasteiger partial charge in [0.05, 0.1) is 12.2 Å². The highest BCUT2D eigenvalue weighted by Gasteiger charge is 2.35. The molecule has 1 aliphatic heterocycles. The van der Waals surface area contributed by atoms with Gasteiger partial charge in [-0.2, -0.15) is 0 Å². The van der Waals surface area contributed by atoms with Crippen molar-refractivity contribution in [2.75, 3.05) is 0 Å². The van der Waals surface area contributed by atoms with Crippen LogP contribution in [0.25, 0.3) is 11.1 Å². The SMILES string of the molecule is NC1=CNN=C(N)N1C1c2ccccc2-c2ccccc21. The molecule has 0 radical (unpaired) electrons. The monoisotopic (exact) mass is 277 g/mol. The molecule has 2 aromatic carbocycles. The Morgan fingerprint density at radius 2 is 1.48 bits per heavy atom. The highest BCUT2D eigenvalue weighted by Crippen LogP contribution is 2.46. The van der Waals surface area contributed by atoms with E-state index in [0.717, 1.165) is 0 Å². The Bertz CT molecular complexity index is 714. The third-order valence-electron chi connectivity index (χ3n) is 3.98. The van der Waals surface area contributed by atoms with Gasteiger partial charge < -0.3 is 11.5 Å². The van der Waals surface area contributed by atoms with E-state index in [9.17, 15) is 0 Å². The van der Waals surface area contributed by atoms with Crippen LogP contribution >= 0.6 is 0 Å². The van der Waals surface area contributed by atoms with Gasteiger partial charge >= 0.3 is 0 Å². The van der Waals surface area contributed by atoms with Crippen molar-refractivity contribution in [2.45, 2.75) is 6.04 Å². The van der Waals surface area contributed by atoms with E-state index in [1.165, 1.54) is 22.3 Å². The van der Waals surface area contributed by atoms with Crippen molar-refractivity contribution in [3.8, 4) is 11.1 Å². The summed E-state index contributed by atoms with van der Waals surface area (Å²) in [5, 5.41) is 4.07. The maximum atomic E-state index is 6.13. The van der Waals surface area contributed by atoms with Crippen molar-refractivity contribution in [3.63, 3.8) is 0 Å². The largest absolute Gasteiger partial charge is 0.384 e. The fraction of sp³-hybridized carbons (Fsp3) is 0.0625. The maximum absolute atomic E-state index is 6.13. The van der Waals surface area contributed by atoms with E-state index in [0.29, 0.717) is 11.8 Å². The standard InChI is InChI=1S/C16H15N5/c17-14-9-19-20-16(18)21(14)15-12-7-3-1-5-10(12)11-6-2-4-8-13(11)15/h1-9,15,19H,17H2,(H2,18,20). The zero-order valence-electron chi connectivity index (χ0n) is 11.3. The molecule has 2 aromatic rings. The Labute approximate surface area is 122 Å². The number of nitrogens with two attached hydrogens (primary N) is 2. The van der Waals surface area contributed by atoms with Crippen LogP contribution in [0.15, 0.2) is 65.7 Å². The number of nitrogens with zero attached hydrogens (tertiary/aromatic N) is 2. The Morgan fingerprint density at radius 1 is 0.905 bits per heavy atom. The van der Waals surface area contributed by atoms with Gasteiger partial charge in [-0.3, -0.25) is 10.3 Å². The Balaban J connectivity index is 1.95. The zero-order chi connectivity index (χ0) is 14.4. The molecule has 5 N–H and O–H groups in total. The molecule has 0 fully saturated rings. The molecule has 0 aromatic heterocycles. The second-order valence-electron chi connectivity index (χ2n) is 5.12. The van der Waals surface area contributed by atoms with Gasteiger partial charge in [-0.05, 0) is 22.3 Å². The van der Waals surface area contributed by atoms with Crippen LogP contribution in [0.2, 0.25) is 0 Å². The predicted molar refractivity (Wildman–Crippen MR) is 82.6 cm³/mol. The molecule has 0 atom stereocenters. The van der Waals surface area contributed by atoms with Gasteiger partial charge in [0.1, 0.15) is 5.82 Å². The third kappa shape index (κ3) is 1.61. The van der Waals surface area contributed by atoms with E-state index in [4.69, 9.17) is 11.5 Å². The van der Waals surface area contributed by atoms with Crippen LogP contribution in [0.4, 0.5) is 0 Å². The normalized spacial score (nSPS) is 16.7. The fourth-order valence-corrected chi connectivity index (χ4v) is 3.11. The number of nitrogens with one attached hydrogen (secondary N) is 1. The minimum Gasteiger partial charge on any atom is -0.384 e. The highest BCUT2D eigenvalue weighted by molar-refractivity contribution is 5.85. The van der Waals surface area contributed by atoms with E-state index in [2.05, 4.69) is 34.8 Å².